The molecule has 1 heterocycles. The van der Waals surface area contributed by atoms with Gasteiger partial charge in [0.15, 0.2) is 17.7 Å². The fraction of sp³-hybridized carbons (Fsp3) is 0.176. The van der Waals surface area contributed by atoms with E-state index < -0.39 is 30.3 Å². The van der Waals surface area contributed by atoms with Crippen molar-refractivity contribution in [3.8, 4) is 5.75 Å². The molecule has 5 nitrogen and oxygen atoms in total. The Kier molecular flexibility index (Phi) is 3.97. The summed E-state index contributed by atoms with van der Waals surface area (Å²) in [7, 11) is 0. The molecular weight excluding hydrogens is 301 g/mol. The first-order chi connectivity index (χ1) is 11.1. The molecule has 1 aliphatic heterocycles. The van der Waals surface area contributed by atoms with Crippen LogP contribution in [0.3, 0.4) is 0 Å². The number of para-hydroxylation sites is 2. The average Bonchev–Trinajstić information content (AvgIpc) is 2.98. The molecule has 1 atom stereocenters. The molecule has 0 unspecified atom stereocenters. The SMILES string of the molecule is O=C(O)CN(C(=O)[C@H]1Cc2cccc(F)c2O1)c1ccccc1. The summed E-state index contributed by atoms with van der Waals surface area (Å²) in [4.78, 5) is 24.9. The van der Waals surface area contributed by atoms with Crippen molar-refractivity contribution in [1.29, 1.82) is 0 Å². The highest BCUT2D eigenvalue weighted by Gasteiger charge is 2.35. The third-order valence-electron chi connectivity index (χ3n) is 3.62. The van der Waals surface area contributed by atoms with E-state index in [1.165, 1.54) is 6.07 Å². The van der Waals surface area contributed by atoms with Crippen LogP contribution < -0.4 is 9.64 Å². The highest BCUT2D eigenvalue weighted by atomic mass is 19.1. The molecule has 3 rings (SSSR count). The second kappa shape index (κ2) is 6.08. The number of nitrogens with zero attached hydrogens (tertiary/aromatic N) is 1. The van der Waals surface area contributed by atoms with Gasteiger partial charge in [0.2, 0.25) is 0 Å². The number of carboxylic acid groups (broad SMARTS) is 1. The number of ether oxygens (including phenoxy) is 1. The van der Waals surface area contributed by atoms with E-state index in [9.17, 15) is 14.0 Å². The van der Waals surface area contributed by atoms with Crippen LogP contribution in [0, 0.1) is 5.82 Å². The summed E-state index contributed by atoms with van der Waals surface area (Å²) >= 11 is 0. The maximum atomic E-state index is 13.7. The van der Waals surface area contributed by atoms with Crippen LogP contribution in [0.4, 0.5) is 10.1 Å². The second-order valence-electron chi connectivity index (χ2n) is 5.19. The number of benzene rings is 2. The highest BCUT2D eigenvalue weighted by Crippen LogP contribution is 2.32. The zero-order valence-corrected chi connectivity index (χ0v) is 12.1. The van der Waals surface area contributed by atoms with Crippen molar-refractivity contribution < 1.29 is 23.8 Å². The number of carbonyl (C=O) groups excluding carboxylic acids is 1. The maximum Gasteiger partial charge on any atom is 0.323 e. The Hall–Kier alpha value is -2.89. The number of anilines is 1. The van der Waals surface area contributed by atoms with Gasteiger partial charge in [-0.2, -0.15) is 0 Å². The molecule has 0 aromatic heterocycles. The van der Waals surface area contributed by atoms with Crippen molar-refractivity contribution in [3.05, 3.63) is 59.9 Å². The van der Waals surface area contributed by atoms with Gasteiger partial charge in [-0.15, -0.1) is 0 Å². The predicted octanol–water partition coefficient (Wildman–Crippen LogP) is 2.25. The minimum absolute atomic E-state index is 0.0641. The Morgan fingerprint density at radius 2 is 1.91 bits per heavy atom. The van der Waals surface area contributed by atoms with Crippen LogP contribution in [0.1, 0.15) is 5.56 Å². The molecule has 0 aliphatic carbocycles. The standard InChI is InChI=1S/C17H14FNO4/c18-13-8-4-5-11-9-14(23-16(11)13)17(22)19(10-15(20)21)12-6-2-1-3-7-12/h1-8,14H,9-10H2,(H,20,21)/t14-/m1/s1. The largest absolute Gasteiger partial charge is 0.480 e. The van der Waals surface area contributed by atoms with Crippen LogP contribution >= 0.6 is 0 Å². The summed E-state index contributed by atoms with van der Waals surface area (Å²) < 4.78 is 19.1. The third-order valence-corrected chi connectivity index (χ3v) is 3.62. The van der Waals surface area contributed by atoms with Gasteiger partial charge < -0.3 is 9.84 Å². The van der Waals surface area contributed by atoms with E-state index in [4.69, 9.17) is 9.84 Å². The van der Waals surface area contributed by atoms with E-state index in [1.807, 2.05) is 0 Å². The van der Waals surface area contributed by atoms with E-state index in [1.54, 1.807) is 42.5 Å². The summed E-state index contributed by atoms with van der Waals surface area (Å²) in [5, 5.41) is 9.06. The lowest BCUT2D eigenvalue weighted by Gasteiger charge is -2.23. The summed E-state index contributed by atoms with van der Waals surface area (Å²) in [6.07, 6.45) is -0.712. The molecule has 0 radical (unpaired) electrons. The molecule has 0 saturated carbocycles. The summed E-state index contributed by atoms with van der Waals surface area (Å²) in [6.45, 7) is -0.485. The zero-order valence-electron chi connectivity index (χ0n) is 12.1. The third kappa shape index (κ3) is 3.01. The molecule has 2 aromatic rings. The Labute approximate surface area is 131 Å². The zero-order chi connectivity index (χ0) is 16.4. The molecule has 0 saturated heterocycles. The number of carboxylic acids is 1. The fourth-order valence-corrected chi connectivity index (χ4v) is 2.58. The van der Waals surface area contributed by atoms with Gasteiger partial charge in [0.1, 0.15) is 6.54 Å². The predicted molar refractivity (Wildman–Crippen MR) is 81.0 cm³/mol. The van der Waals surface area contributed by atoms with Gasteiger partial charge in [-0.1, -0.05) is 30.3 Å². The van der Waals surface area contributed by atoms with Crippen molar-refractivity contribution in [1.82, 2.24) is 0 Å². The molecule has 6 heteroatoms. The minimum atomic E-state index is -1.14. The van der Waals surface area contributed by atoms with Crippen LogP contribution in [0.2, 0.25) is 0 Å². The van der Waals surface area contributed by atoms with E-state index in [0.717, 1.165) is 4.90 Å². The van der Waals surface area contributed by atoms with Gasteiger partial charge in [0.25, 0.3) is 5.91 Å². The number of carbonyl (C=O) groups is 2. The van der Waals surface area contributed by atoms with Crippen LogP contribution in [-0.2, 0) is 16.0 Å². The molecular formula is C17H14FNO4. The Morgan fingerprint density at radius 1 is 1.17 bits per heavy atom. The van der Waals surface area contributed by atoms with Gasteiger partial charge in [-0.3, -0.25) is 14.5 Å². The molecule has 0 fully saturated rings. The van der Waals surface area contributed by atoms with E-state index in [0.29, 0.717) is 11.3 Å². The number of fused-ring (bicyclic) bond motifs is 1. The van der Waals surface area contributed by atoms with Crippen molar-refractivity contribution in [2.45, 2.75) is 12.5 Å². The van der Waals surface area contributed by atoms with Crippen molar-refractivity contribution in [2.24, 2.45) is 0 Å². The molecule has 1 amide bonds. The van der Waals surface area contributed by atoms with Crippen LogP contribution in [-0.4, -0.2) is 29.6 Å². The number of aliphatic carboxylic acids is 1. The van der Waals surface area contributed by atoms with E-state index in [-0.39, 0.29) is 12.2 Å². The summed E-state index contributed by atoms with van der Waals surface area (Å²) in [5.74, 6) is -2.10. The molecule has 1 N–H and O–H groups in total. The molecule has 0 spiro atoms. The monoisotopic (exact) mass is 315 g/mol. The number of halogens is 1. The molecule has 23 heavy (non-hydrogen) atoms. The normalized spacial score (nSPS) is 15.6. The van der Waals surface area contributed by atoms with Gasteiger partial charge in [-0.05, 0) is 18.2 Å². The topological polar surface area (TPSA) is 66.8 Å². The number of rotatable bonds is 4. The smallest absolute Gasteiger partial charge is 0.323 e. The van der Waals surface area contributed by atoms with Crippen molar-refractivity contribution >= 4 is 17.6 Å². The van der Waals surface area contributed by atoms with Crippen LogP contribution in [0.15, 0.2) is 48.5 Å². The van der Waals surface area contributed by atoms with Crippen molar-refractivity contribution in [2.75, 3.05) is 11.4 Å². The quantitative estimate of drug-likeness (QED) is 0.940. The Morgan fingerprint density at radius 3 is 2.57 bits per heavy atom. The number of hydrogen-bond donors (Lipinski definition) is 1. The molecule has 118 valence electrons. The van der Waals surface area contributed by atoms with E-state index >= 15 is 0 Å². The van der Waals surface area contributed by atoms with E-state index in [2.05, 4.69) is 0 Å². The number of amides is 1. The first kappa shape index (κ1) is 15.0. The fourth-order valence-electron chi connectivity index (χ4n) is 2.58. The van der Waals surface area contributed by atoms with Crippen LogP contribution in [0.5, 0.6) is 5.75 Å². The van der Waals surface area contributed by atoms with Gasteiger partial charge in [0.05, 0.1) is 0 Å². The van der Waals surface area contributed by atoms with Crippen LogP contribution in [0.25, 0.3) is 0 Å². The van der Waals surface area contributed by atoms with Crippen molar-refractivity contribution in [3.63, 3.8) is 0 Å². The second-order valence-corrected chi connectivity index (χ2v) is 5.19. The lowest BCUT2D eigenvalue weighted by molar-refractivity contribution is -0.137. The lowest BCUT2D eigenvalue weighted by Crippen LogP contribution is -2.44. The maximum absolute atomic E-state index is 13.7. The Bertz CT molecular complexity index is 748. The Balaban J connectivity index is 1.85. The first-order valence-electron chi connectivity index (χ1n) is 7.08. The minimum Gasteiger partial charge on any atom is -0.480 e. The van der Waals surface area contributed by atoms with Gasteiger partial charge >= 0.3 is 5.97 Å². The highest BCUT2D eigenvalue weighted by molar-refractivity contribution is 6.00. The first-order valence-corrected chi connectivity index (χ1v) is 7.08. The summed E-state index contributed by atoms with van der Waals surface area (Å²) in [6, 6.07) is 13.0. The summed E-state index contributed by atoms with van der Waals surface area (Å²) in [5.41, 5.74) is 1.06. The lowest BCUT2D eigenvalue weighted by atomic mass is 10.1. The molecule has 1 aliphatic rings. The molecule has 0 bridgehead atoms. The number of hydrogen-bond acceptors (Lipinski definition) is 3. The average molecular weight is 315 g/mol. The van der Waals surface area contributed by atoms with Gasteiger partial charge in [-0.25, -0.2) is 4.39 Å². The van der Waals surface area contributed by atoms with Gasteiger partial charge in [0, 0.05) is 17.7 Å². The molecule has 2 aromatic carbocycles.